The van der Waals surface area contributed by atoms with Gasteiger partial charge in [-0.3, -0.25) is 18.8 Å². The fourth-order valence-electron chi connectivity index (χ4n) is 5.53. The number of aryl methyl sites for hydroxylation is 1. The zero-order valence-corrected chi connectivity index (χ0v) is 26.3. The highest BCUT2D eigenvalue weighted by Crippen LogP contribution is 2.35. The Morgan fingerprint density at radius 3 is 2.58 bits per heavy atom. The summed E-state index contributed by atoms with van der Waals surface area (Å²) in [4.78, 5) is 27.5. The van der Waals surface area contributed by atoms with Gasteiger partial charge in [0, 0.05) is 36.0 Å². The van der Waals surface area contributed by atoms with Crippen LogP contribution in [0.2, 0.25) is 0 Å². The zero-order chi connectivity index (χ0) is 32.0. The Morgan fingerprint density at radius 1 is 1.02 bits per heavy atom. The molecule has 45 heavy (non-hydrogen) atoms. The van der Waals surface area contributed by atoms with Gasteiger partial charge in [0.15, 0.2) is 0 Å². The van der Waals surface area contributed by atoms with Crippen LogP contribution in [0.5, 0.6) is 5.75 Å². The quantitative estimate of drug-likeness (QED) is 0.169. The van der Waals surface area contributed by atoms with Crippen LogP contribution in [0.3, 0.4) is 0 Å². The van der Waals surface area contributed by atoms with E-state index < -0.39 is 21.9 Å². The number of fused-ring (bicyclic) bond motifs is 1. The second-order valence-electron chi connectivity index (χ2n) is 11.3. The number of anilines is 1. The van der Waals surface area contributed by atoms with Crippen molar-refractivity contribution in [3.05, 3.63) is 101 Å². The fourth-order valence-corrected chi connectivity index (χ4v) is 5.84. The maximum atomic E-state index is 13.4. The lowest BCUT2D eigenvalue weighted by molar-refractivity contribution is -0.118. The number of ether oxygens (including phenoxy) is 1. The van der Waals surface area contributed by atoms with Gasteiger partial charge in [0.2, 0.25) is 5.91 Å². The van der Waals surface area contributed by atoms with Gasteiger partial charge in [-0.1, -0.05) is 36.4 Å². The molecule has 1 aliphatic rings. The minimum Gasteiger partial charge on any atom is -0.493 e. The van der Waals surface area contributed by atoms with Gasteiger partial charge in [-0.15, -0.1) is 0 Å². The molecule has 0 unspecified atom stereocenters. The van der Waals surface area contributed by atoms with E-state index in [-0.39, 0.29) is 11.5 Å². The highest BCUT2D eigenvalue weighted by molar-refractivity contribution is 7.85. The molecule has 11 heteroatoms. The summed E-state index contributed by atoms with van der Waals surface area (Å²) in [5.74, 6) is -0.470. The van der Waals surface area contributed by atoms with Crippen molar-refractivity contribution < 1.29 is 27.3 Å². The number of aromatic nitrogens is 2. The molecule has 4 aromatic rings. The Morgan fingerprint density at radius 2 is 1.80 bits per heavy atom. The van der Waals surface area contributed by atoms with E-state index in [1.807, 2.05) is 53.2 Å². The molecule has 0 atom stereocenters. The van der Waals surface area contributed by atoms with E-state index in [4.69, 9.17) is 9.29 Å². The van der Waals surface area contributed by atoms with Crippen LogP contribution in [0.15, 0.2) is 73.1 Å². The van der Waals surface area contributed by atoms with Crippen LogP contribution in [-0.4, -0.2) is 53.6 Å². The molecular formula is C34H38N4O6S. The van der Waals surface area contributed by atoms with Gasteiger partial charge >= 0.3 is 0 Å². The van der Waals surface area contributed by atoms with Crippen molar-refractivity contribution >= 4 is 27.6 Å². The maximum Gasteiger partial charge on any atom is 0.283 e. The molecular weight excluding hydrogens is 592 g/mol. The minimum absolute atomic E-state index is 0.102. The summed E-state index contributed by atoms with van der Waals surface area (Å²) >= 11 is 0. The first-order chi connectivity index (χ1) is 21.6. The van der Waals surface area contributed by atoms with E-state index in [1.54, 1.807) is 24.3 Å². The summed E-state index contributed by atoms with van der Waals surface area (Å²) in [6, 6.07) is 18.9. The lowest BCUT2D eigenvalue weighted by Gasteiger charge is -2.24. The highest BCUT2D eigenvalue weighted by atomic mass is 32.2. The van der Waals surface area contributed by atoms with Crippen molar-refractivity contribution in [2.45, 2.75) is 52.5 Å². The van der Waals surface area contributed by atoms with Gasteiger partial charge in [-0.2, -0.15) is 13.5 Å². The third kappa shape index (κ3) is 8.17. The smallest absolute Gasteiger partial charge is 0.283 e. The Labute approximate surface area is 263 Å². The number of carbonyl (C=O) groups excluding carboxylic acids is 2. The van der Waals surface area contributed by atoms with Crippen molar-refractivity contribution in [3.8, 4) is 16.9 Å². The Balaban J connectivity index is 1.24. The Bertz CT molecular complexity index is 1780. The molecule has 1 aromatic heterocycles. The predicted molar refractivity (Wildman–Crippen MR) is 173 cm³/mol. The molecule has 3 aromatic carbocycles. The van der Waals surface area contributed by atoms with Gasteiger partial charge in [0.05, 0.1) is 19.3 Å². The summed E-state index contributed by atoms with van der Waals surface area (Å²) in [6.07, 6.45) is 7.65. The van der Waals surface area contributed by atoms with Crippen molar-refractivity contribution in [1.29, 1.82) is 0 Å². The van der Waals surface area contributed by atoms with Crippen LogP contribution in [0, 0.1) is 13.8 Å². The summed E-state index contributed by atoms with van der Waals surface area (Å²) < 4.78 is 38.4. The second kappa shape index (κ2) is 14.1. The highest BCUT2D eigenvalue weighted by Gasteiger charge is 2.23. The molecule has 2 heterocycles. The Kier molecular flexibility index (Phi) is 9.99. The van der Waals surface area contributed by atoms with Gasteiger partial charge in [0.25, 0.3) is 16.0 Å². The molecule has 0 spiro atoms. The number of amides is 2. The predicted octanol–water partition coefficient (Wildman–Crippen LogP) is 5.32. The molecule has 236 valence electrons. The minimum atomic E-state index is -4.30. The number of benzene rings is 3. The van der Waals surface area contributed by atoms with Crippen molar-refractivity contribution in [1.82, 2.24) is 15.1 Å². The largest absolute Gasteiger partial charge is 0.493 e. The average Bonchev–Trinajstić information content (AvgIpc) is 3.36. The van der Waals surface area contributed by atoms with Crippen LogP contribution in [0.1, 0.15) is 58.3 Å². The first-order valence-electron chi connectivity index (χ1n) is 15.1. The van der Waals surface area contributed by atoms with Crippen molar-refractivity contribution in [2.75, 3.05) is 23.9 Å². The first-order valence-corrected chi connectivity index (χ1v) is 16.7. The van der Waals surface area contributed by atoms with Crippen LogP contribution in [-0.2, 0) is 27.9 Å². The van der Waals surface area contributed by atoms with Crippen LogP contribution in [0.25, 0.3) is 11.1 Å². The number of hydrogen-bond donors (Lipinski definition) is 2. The SMILES string of the molecule is Cc1cccc(OCCCC(=O)N2CCCCc3c(-c4cnn(Cc5ccc(C(=O)NCS(=O)(=O)O)cc5)c4)cccc32)c1C. The summed E-state index contributed by atoms with van der Waals surface area (Å²) in [6.45, 7) is 5.75. The molecule has 0 saturated carbocycles. The number of nitrogens with zero attached hydrogens (tertiary/aromatic N) is 3. The molecule has 0 aliphatic carbocycles. The first kappa shape index (κ1) is 31.9. The monoisotopic (exact) mass is 630 g/mol. The van der Waals surface area contributed by atoms with Gasteiger partial charge in [-0.25, -0.2) is 0 Å². The van der Waals surface area contributed by atoms with E-state index in [0.29, 0.717) is 32.5 Å². The Hall–Kier alpha value is -4.48. The molecule has 0 fully saturated rings. The molecule has 5 rings (SSSR count). The number of nitrogens with one attached hydrogen (secondary N) is 1. The van der Waals surface area contributed by atoms with Crippen molar-refractivity contribution in [2.24, 2.45) is 0 Å². The molecule has 2 amide bonds. The molecule has 2 N–H and O–H groups in total. The average molecular weight is 631 g/mol. The van der Waals surface area contributed by atoms with Gasteiger partial charge in [-0.05, 0) is 91.6 Å². The van der Waals surface area contributed by atoms with Crippen LogP contribution in [0.4, 0.5) is 5.69 Å². The van der Waals surface area contributed by atoms with E-state index in [2.05, 4.69) is 29.5 Å². The van der Waals surface area contributed by atoms with E-state index in [0.717, 1.165) is 58.5 Å². The van der Waals surface area contributed by atoms with E-state index in [1.165, 1.54) is 5.56 Å². The van der Waals surface area contributed by atoms with E-state index >= 15 is 0 Å². The molecule has 0 saturated heterocycles. The summed E-state index contributed by atoms with van der Waals surface area (Å²) in [7, 11) is -4.30. The number of rotatable bonds is 11. The standard InChI is InChI=1S/C34H38N4O6S/c1-24-8-5-12-32(25(24)2)44-19-7-13-33(39)38-18-4-3-9-30-29(10-6-11-31(30)38)28-20-36-37(22-28)21-26-14-16-27(17-15-26)34(40)35-23-45(41,42)43/h5-6,8,10-12,14-17,20,22H,3-4,7,9,13,18-19,21,23H2,1-2H3,(H,35,40)(H,41,42,43). The number of hydrogen-bond acceptors (Lipinski definition) is 6. The van der Waals surface area contributed by atoms with Gasteiger partial charge in [0.1, 0.15) is 11.6 Å². The number of carbonyl (C=O) groups is 2. The normalized spacial score (nSPS) is 13.2. The molecule has 0 radical (unpaired) electrons. The molecule has 0 bridgehead atoms. The van der Waals surface area contributed by atoms with Crippen molar-refractivity contribution in [3.63, 3.8) is 0 Å². The summed E-state index contributed by atoms with van der Waals surface area (Å²) in [5, 5.41) is 6.73. The zero-order valence-electron chi connectivity index (χ0n) is 25.5. The lowest BCUT2D eigenvalue weighted by atomic mass is 9.97. The summed E-state index contributed by atoms with van der Waals surface area (Å²) in [5.41, 5.74) is 7.62. The third-order valence-corrected chi connectivity index (χ3v) is 8.58. The topological polar surface area (TPSA) is 131 Å². The molecule has 1 aliphatic heterocycles. The van der Waals surface area contributed by atoms with Crippen LogP contribution >= 0.6 is 0 Å². The van der Waals surface area contributed by atoms with Crippen LogP contribution < -0.4 is 15.0 Å². The third-order valence-electron chi connectivity index (χ3n) is 8.07. The second-order valence-corrected chi connectivity index (χ2v) is 12.8. The van der Waals surface area contributed by atoms with E-state index in [9.17, 15) is 18.0 Å². The van der Waals surface area contributed by atoms with Gasteiger partial charge < -0.3 is 15.0 Å². The molecule has 10 nitrogen and oxygen atoms in total. The maximum absolute atomic E-state index is 13.4. The fraction of sp³-hybridized carbons (Fsp3) is 0.324. The lowest BCUT2D eigenvalue weighted by Crippen LogP contribution is -2.31.